The van der Waals surface area contributed by atoms with E-state index in [9.17, 15) is 8.42 Å². The van der Waals surface area contributed by atoms with E-state index in [0.717, 1.165) is 43.5 Å². The molecule has 2 fully saturated rings. The molecule has 4 heterocycles. The molecule has 0 N–H and O–H groups in total. The Kier molecular flexibility index (Phi) is 4.55. The average molecular weight is 364 g/mol. The van der Waals surface area contributed by atoms with E-state index >= 15 is 0 Å². The fourth-order valence-electron chi connectivity index (χ4n) is 3.22. The lowest BCUT2D eigenvalue weighted by Gasteiger charge is -2.32. The van der Waals surface area contributed by atoms with Crippen molar-refractivity contribution in [1.82, 2.24) is 19.3 Å². The normalized spacial score (nSPS) is 19.4. The van der Waals surface area contributed by atoms with E-state index in [2.05, 4.69) is 14.8 Å². The van der Waals surface area contributed by atoms with Gasteiger partial charge in [-0.1, -0.05) is 0 Å². The van der Waals surface area contributed by atoms with E-state index in [4.69, 9.17) is 9.72 Å². The number of anilines is 2. The number of fused-ring (bicyclic) bond motifs is 1. The van der Waals surface area contributed by atoms with E-state index in [1.54, 1.807) is 6.20 Å². The lowest BCUT2D eigenvalue weighted by atomic mass is 10.3. The molecule has 2 aliphatic heterocycles. The molecular weight excluding hydrogens is 344 g/mol. The Hall–Kier alpha value is -2.17. The van der Waals surface area contributed by atoms with Crippen molar-refractivity contribution < 1.29 is 13.2 Å². The first kappa shape index (κ1) is 16.3. The molecule has 2 aliphatic rings. The number of rotatable bonds is 3. The summed E-state index contributed by atoms with van der Waals surface area (Å²) in [5, 5.41) is 0. The molecule has 9 nitrogen and oxygen atoms in total. The van der Waals surface area contributed by atoms with Crippen molar-refractivity contribution in [2.24, 2.45) is 0 Å². The van der Waals surface area contributed by atoms with Crippen LogP contribution in [0.3, 0.4) is 0 Å². The number of hydrogen-bond acceptors (Lipinski definition) is 7. The molecule has 2 aromatic rings. The zero-order valence-electron chi connectivity index (χ0n) is 13.8. The highest BCUT2D eigenvalue weighted by atomic mass is 32.2. The van der Waals surface area contributed by atoms with E-state index in [1.165, 1.54) is 5.49 Å². The van der Waals surface area contributed by atoms with Crippen LogP contribution < -0.4 is 9.80 Å². The van der Waals surface area contributed by atoms with Crippen LogP contribution in [-0.2, 0) is 15.0 Å². The van der Waals surface area contributed by atoms with Crippen LogP contribution in [-0.4, -0.2) is 85.7 Å². The number of aromatic nitrogens is 3. The Balaban J connectivity index is 1.56. The third kappa shape index (κ3) is 3.46. The summed E-state index contributed by atoms with van der Waals surface area (Å²) in [7, 11) is -2.15. The van der Waals surface area contributed by atoms with Gasteiger partial charge in [-0.2, -0.15) is 8.42 Å². The number of ether oxygens (including phenoxy) is 1. The maximum atomic E-state index is 10.8. The topological polar surface area (TPSA) is 83.3 Å². The second kappa shape index (κ2) is 6.98. The minimum atomic E-state index is -2.15. The molecule has 0 aliphatic carbocycles. The third-order valence-electron chi connectivity index (χ3n) is 4.53. The van der Waals surface area contributed by atoms with Crippen LogP contribution >= 0.6 is 0 Å². The van der Waals surface area contributed by atoms with Crippen LogP contribution in [0.25, 0.3) is 5.65 Å². The zero-order chi connectivity index (χ0) is 17.2. The maximum Gasteiger partial charge on any atom is 0.225 e. The summed E-state index contributed by atoms with van der Waals surface area (Å²) in [6, 6.07) is 0. The standard InChI is InChI=1S/C15H20N6O3S/c22-25(23)12-18-3-5-19(6-4-18)13-11-21-2-1-16-14(15(21)17-13)20-7-9-24-10-8-20/h1-2,11-12H,3-10H2. The quantitative estimate of drug-likeness (QED) is 0.663. The summed E-state index contributed by atoms with van der Waals surface area (Å²) < 4.78 is 29.0. The van der Waals surface area contributed by atoms with Gasteiger partial charge in [0.1, 0.15) is 11.3 Å². The lowest BCUT2D eigenvalue weighted by molar-refractivity contribution is 0.122. The van der Waals surface area contributed by atoms with E-state index < -0.39 is 10.3 Å². The molecular formula is C15H20N6O3S. The fourth-order valence-corrected chi connectivity index (χ4v) is 3.68. The van der Waals surface area contributed by atoms with Gasteiger partial charge in [0.05, 0.1) is 19.4 Å². The van der Waals surface area contributed by atoms with Gasteiger partial charge in [-0.15, -0.1) is 0 Å². The molecule has 0 atom stereocenters. The first-order chi connectivity index (χ1) is 12.2. The summed E-state index contributed by atoms with van der Waals surface area (Å²) in [5.41, 5.74) is 2.09. The van der Waals surface area contributed by atoms with Crippen LogP contribution in [0.4, 0.5) is 11.6 Å². The van der Waals surface area contributed by atoms with Gasteiger partial charge in [0.25, 0.3) is 0 Å². The largest absolute Gasteiger partial charge is 0.378 e. The predicted octanol–water partition coefficient (Wildman–Crippen LogP) is -0.673. The second-order valence-electron chi connectivity index (χ2n) is 6.07. The molecule has 10 heteroatoms. The summed E-state index contributed by atoms with van der Waals surface area (Å²) in [6.45, 7) is 5.83. The van der Waals surface area contributed by atoms with E-state index in [1.807, 2.05) is 21.7 Å². The number of morpholine rings is 1. The molecule has 2 saturated heterocycles. The predicted molar refractivity (Wildman–Crippen MR) is 94.8 cm³/mol. The number of piperazine rings is 1. The summed E-state index contributed by atoms with van der Waals surface area (Å²) in [4.78, 5) is 15.5. The Bertz CT molecular complexity index is 874. The van der Waals surface area contributed by atoms with Crippen molar-refractivity contribution in [3.05, 3.63) is 18.6 Å². The Morgan fingerprint density at radius 2 is 1.80 bits per heavy atom. The number of imidazole rings is 1. The highest BCUT2D eigenvalue weighted by molar-refractivity contribution is 7.71. The number of hydrogen-bond donors (Lipinski definition) is 0. The van der Waals surface area contributed by atoms with Gasteiger partial charge in [0, 0.05) is 51.7 Å². The van der Waals surface area contributed by atoms with Crippen molar-refractivity contribution in [2.45, 2.75) is 0 Å². The van der Waals surface area contributed by atoms with Crippen LogP contribution in [0.2, 0.25) is 0 Å². The van der Waals surface area contributed by atoms with Gasteiger partial charge in [0.2, 0.25) is 10.3 Å². The van der Waals surface area contributed by atoms with Crippen molar-refractivity contribution >= 4 is 33.1 Å². The molecule has 25 heavy (non-hydrogen) atoms. The fraction of sp³-hybridized carbons (Fsp3) is 0.533. The van der Waals surface area contributed by atoms with Gasteiger partial charge >= 0.3 is 0 Å². The van der Waals surface area contributed by atoms with Gasteiger partial charge in [-0.3, -0.25) is 4.90 Å². The van der Waals surface area contributed by atoms with E-state index in [-0.39, 0.29) is 0 Å². The van der Waals surface area contributed by atoms with Crippen molar-refractivity contribution in [1.29, 1.82) is 0 Å². The molecule has 0 saturated carbocycles. The lowest BCUT2D eigenvalue weighted by Crippen LogP contribution is -2.46. The van der Waals surface area contributed by atoms with Gasteiger partial charge in [0.15, 0.2) is 11.5 Å². The smallest absolute Gasteiger partial charge is 0.225 e. The van der Waals surface area contributed by atoms with Crippen LogP contribution in [0.15, 0.2) is 18.6 Å². The molecule has 0 amide bonds. The highest BCUT2D eigenvalue weighted by Gasteiger charge is 2.21. The third-order valence-corrected chi connectivity index (χ3v) is 5.00. The van der Waals surface area contributed by atoms with Crippen LogP contribution in [0.5, 0.6) is 0 Å². The first-order valence-electron chi connectivity index (χ1n) is 8.29. The summed E-state index contributed by atoms with van der Waals surface area (Å²) >= 11 is 0. The molecule has 134 valence electrons. The molecule has 0 radical (unpaired) electrons. The zero-order valence-corrected chi connectivity index (χ0v) is 14.6. The van der Waals surface area contributed by atoms with Gasteiger partial charge in [-0.25, -0.2) is 9.97 Å². The minimum absolute atomic E-state index is 0.663. The summed E-state index contributed by atoms with van der Waals surface area (Å²) in [5.74, 6) is 1.77. The van der Waals surface area contributed by atoms with Gasteiger partial charge in [-0.05, 0) is 0 Å². The molecule has 0 spiro atoms. The van der Waals surface area contributed by atoms with Crippen molar-refractivity contribution in [3.63, 3.8) is 0 Å². The summed E-state index contributed by atoms with van der Waals surface area (Å²) in [6.07, 6.45) is 5.70. The Morgan fingerprint density at radius 1 is 1.04 bits per heavy atom. The Morgan fingerprint density at radius 3 is 2.52 bits per heavy atom. The van der Waals surface area contributed by atoms with Crippen LogP contribution in [0.1, 0.15) is 0 Å². The van der Waals surface area contributed by atoms with Crippen molar-refractivity contribution in [2.75, 3.05) is 62.3 Å². The highest BCUT2D eigenvalue weighted by Crippen LogP contribution is 2.23. The van der Waals surface area contributed by atoms with E-state index in [0.29, 0.717) is 26.3 Å². The minimum Gasteiger partial charge on any atom is -0.378 e. The Labute approximate surface area is 147 Å². The monoisotopic (exact) mass is 364 g/mol. The first-order valence-corrected chi connectivity index (χ1v) is 9.43. The van der Waals surface area contributed by atoms with Crippen molar-refractivity contribution in [3.8, 4) is 0 Å². The second-order valence-corrected chi connectivity index (χ2v) is 6.80. The average Bonchev–Trinajstić information content (AvgIpc) is 3.07. The molecule has 2 aromatic heterocycles. The molecule has 4 rings (SSSR count). The van der Waals surface area contributed by atoms with Gasteiger partial charge < -0.3 is 18.9 Å². The number of nitrogens with zero attached hydrogens (tertiary/aromatic N) is 6. The molecule has 0 aromatic carbocycles. The molecule has 0 unspecified atom stereocenters. The molecule has 0 bridgehead atoms. The van der Waals surface area contributed by atoms with Crippen LogP contribution in [0, 0.1) is 0 Å². The SMILES string of the molecule is O=S(=O)=CN1CCN(c2cn3ccnc(N4CCOCC4)c3n2)CC1. The maximum absolute atomic E-state index is 10.8.